The molecule has 2 unspecified atom stereocenters. The molecule has 3 heterocycles. The first-order valence-corrected chi connectivity index (χ1v) is 8.91. The first-order chi connectivity index (χ1) is 10.1. The minimum atomic E-state index is -0.660. The maximum Gasteiger partial charge on any atom is 0.307 e. The molecule has 0 saturated carbocycles. The Morgan fingerprint density at radius 2 is 2.24 bits per heavy atom. The van der Waals surface area contributed by atoms with Gasteiger partial charge in [-0.25, -0.2) is 0 Å². The van der Waals surface area contributed by atoms with Crippen molar-refractivity contribution in [3.05, 3.63) is 44.3 Å². The lowest BCUT2D eigenvalue weighted by Crippen LogP contribution is -2.40. The van der Waals surface area contributed by atoms with Gasteiger partial charge in [0.25, 0.3) is 0 Å². The highest BCUT2D eigenvalue weighted by Gasteiger charge is 2.32. The summed E-state index contributed by atoms with van der Waals surface area (Å²) < 4.78 is 0. The highest BCUT2D eigenvalue weighted by molar-refractivity contribution is 7.12. The Hall–Kier alpha value is -1.17. The van der Waals surface area contributed by atoms with Gasteiger partial charge >= 0.3 is 5.97 Å². The van der Waals surface area contributed by atoms with Gasteiger partial charge in [0.15, 0.2) is 0 Å². The smallest absolute Gasteiger partial charge is 0.307 e. The topological polar surface area (TPSA) is 40.5 Å². The number of nitrogens with zero attached hydrogens (tertiary/aromatic N) is 1. The predicted molar refractivity (Wildman–Crippen MR) is 87.2 cm³/mol. The molecular formula is C16H19NO2S2. The Balaban J connectivity index is 1.90. The van der Waals surface area contributed by atoms with Crippen molar-refractivity contribution in [2.75, 3.05) is 13.1 Å². The van der Waals surface area contributed by atoms with Gasteiger partial charge in [0.2, 0.25) is 0 Å². The van der Waals surface area contributed by atoms with Gasteiger partial charge in [-0.05, 0) is 49.9 Å². The summed E-state index contributed by atoms with van der Waals surface area (Å²) in [6.45, 7) is 3.74. The minimum absolute atomic E-state index is 0.214. The minimum Gasteiger partial charge on any atom is -0.481 e. The fourth-order valence-electron chi connectivity index (χ4n) is 2.99. The van der Waals surface area contributed by atoms with Gasteiger partial charge in [0.05, 0.1) is 12.0 Å². The molecule has 5 heteroatoms. The number of piperidine rings is 1. The zero-order valence-electron chi connectivity index (χ0n) is 12.0. The van der Waals surface area contributed by atoms with Gasteiger partial charge in [0.1, 0.15) is 0 Å². The van der Waals surface area contributed by atoms with Crippen LogP contribution in [0, 0.1) is 12.8 Å². The monoisotopic (exact) mass is 321 g/mol. The van der Waals surface area contributed by atoms with Crippen molar-refractivity contribution in [2.45, 2.75) is 25.8 Å². The Kier molecular flexibility index (Phi) is 4.42. The van der Waals surface area contributed by atoms with Gasteiger partial charge in [-0.2, -0.15) is 0 Å². The molecule has 2 atom stereocenters. The van der Waals surface area contributed by atoms with E-state index < -0.39 is 5.97 Å². The SMILES string of the molecule is Cc1ccc(C(c2cccs2)N2CCCC(C(=O)O)C2)s1. The molecule has 1 fully saturated rings. The van der Waals surface area contributed by atoms with Crippen LogP contribution in [0.15, 0.2) is 29.6 Å². The van der Waals surface area contributed by atoms with Crippen molar-refractivity contribution >= 4 is 28.6 Å². The van der Waals surface area contributed by atoms with Crippen LogP contribution in [0.4, 0.5) is 0 Å². The van der Waals surface area contributed by atoms with Crippen LogP contribution in [0.5, 0.6) is 0 Å². The molecule has 2 aromatic rings. The molecule has 2 aromatic heterocycles. The van der Waals surface area contributed by atoms with E-state index >= 15 is 0 Å². The number of aryl methyl sites for hydroxylation is 1. The van der Waals surface area contributed by atoms with E-state index in [0.717, 1.165) is 19.4 Å². The third kappa shape index (κ3) is 3.20. The fraction of sp³-hybridized carbons (Fsp3) is 0.438. The van der Waals surface area contributed by atoms with Crippen LogP contribution in [0.25, 0.3) is 0 Å². The highest BCUT2D eigenvalue weighted by Crippen LogP contribution is 2.37. The molecule has 0 radical (unpaired) electrons. The lowest BCUT2D eigenvalue weighted by atomic mass is 9.96. The lowest BCUT2D eigenvalue weighted by molar-refractivity contribution is -0.143. The second-order valence-corrected chi connectivity index (χ2v) is 7.84. The molecule has 1 aliphatic heterocycles. The Morgan fingerprint density at radius 3 is 2.86 bits per heavy atom. The van der Waals surface area contributed by atoms with Gasteiger partial charge in [-0.1, -0.05) is 6.07 Å². The molecule has 21 heavy (non-hydrogen) atoms. The molecule has 1 aliphatic rings. The lowest BCUT2D eigenvalue weighted by Gasteiger charge is -2.36. The molecule has 0 bridgehead atoms. The summed E-state index contributed by atoms with van der Waals surface area (Å²) in [5.41, 5.74) is 0. The van der Waals surface area contributed by atoms with E-state index in [-0.39, 0.29) is 12.0 Å². The van der Waals surface area contributed by atoms with E-state index in [1.54, 1.807) is 11.3 Å². The Bertz CT molecular complexity index is 606. The summed E-state index contributed by atoms with van der Waals surface area (Å²) >= 11 is 3.57. The zero-order chi connectivity index (χ0) is 14.8. The van der Waals surface area contributed by atoms with Crippen molar-refractivity contribution in [1.29, 1.82) is 0 Å². The Morgan fingerprint density at radius 1 is 1.38 bits per heavy atom. The van der Waals surface area contributed by atoms with E-state index in [0.29, 0.717) is 6.54 Å². The van der Waals surface area contributed by atoms with E-state index in [4.69, 9.17) is 0 Å². The molecule has 0 aromatic carbocycles. The Labute approximate surface area is 132 Å². The maximum absolute atomic E-state index is 11.3. The molecule has 1 saturated heterocycles. The number of hydrogen-bond acceptors (Lipinski definition) is 4. The fourth-order valence-corrected chi connectivity index (χ4v) is 4.97. The van der Waals surface area contributed by atoms with Gasteiger partial charge in [-0.3, -0.25) is 9.69 Å². The summed E-state index contributed by atoms with van der Waals surface area (Å²) in [6.07, 6.45) is 1.76. The summed E-state index contributed by atoms with van der Waals surface area (Å²) in [7, 11) is 0. The number of aliphatic carboxylic acids is 1. The highest BCUT2D eigenvalue weighted by atomic mass is 32.1. The normalized spacial score (nSPS) is 21.3. The number of rotatable bonds is 4. The summed E-state index contributed by atoms with van der Waals surface area (Å²) in [5.74, 6) is -0.894. The van der Waals surface area contributed by atoms with Crippen LogP contribution in [0.2, 0.25) is 0 Å². The van der Waals surface area contributed by atoms with Crippen LogP contribution < -0.4 is 0 Å². The average molecular weight is 321 g/mol. The average Bonchev–Trinajstić information content (AvgIpc) is 3.12. The van der Waals surface area contributed by atoms with E-state index in [1.165, 1.54) is 14.6 Å². The predicted octanol–water partition coefficient (Wildman–Crippen LogP) is 4.00. The number of carboxylic acid groups (broad SMARTS) is 1. The zero-order valence-corrected chi connectivity index (χ0v) is 13.6. The maximum atomic E-state index is 11.3. The van der Waals surface area contributed by atoms with Crippen molar-refractivity contribution in [2.24, 2.45) is 5.92 Å². The molecule has 3 nitrogen and oxygen atoms in total. The third-order valence-electron chi connectivity index (χ3n) is 4.01. The summed E-state index contributed by atoms with van der Waals surface area (Å²) in [5, 5.41) is 11.4. The second-order valence-electron chi connectivity index (χ2n) is 5.54. The quantitative estimate of drug-likeness (QED) is 0.925. The molecule has 1 N–H and O–H groups in total. The number of hydrogen-bond donors (Lipinski definition) is 1. The standard InChI is InChI=1S/C16H19NO2S2/c1-11-6-7-14(21-11)15(13-5-3-9-20-13)17-8-2-4-12(10-17)16(18)19/h3,5-7,9,12,15H,2,4,8,10H2,1H3,(H,18,19). The number of carbonyl (C=O) groups is 1. The third-order valence-corrected chi connectivity index (χ3v) is 5.99. The molecule has 3 rings (SSSR count). The van der Waals surface area contributed by atoms with Crippen LogP contribution in [0.3, 0.4) is 0 Å². The number of likely N-dealkylation sites (tertiary alicyclic amines) is 1. The first-order valence-electron chi connectivity index (χ1n) is 7.22. The van der Waals surface area contributed by atoms with Gasteiger partial charge in [0, 0.05) is 21.2 Å². The van der Waals surface area contributed by atoms with Crippen LogP contribution in [-0.2, 0) is 4.79 Å². The summed E-state index contributed by atoms with van der Waals surface area (Å²) in [4.78, 5) is 17.6. The van der Waals surface area contributed by atoms with Crippen molar-refractivity contribution in [3.63, 3.8) is 0 Å². The van der Waals surface area contributed by atoms with Gasteiger partial charge < -0.3 is 5.11 Å². The van der Waals surface area contributed by atoms with Crippen LogP contribution in [-0.4, -0.2) is 29.1 Å². The van der Waals surface area contributed by atoms with Crippen LogP contribution >= 0.6 is 22.7 Å². The summed E-state index contributed by atoms with van der Waals surface area (Å²) in [6, 6.07) is 8.79. The molecular weight excluding hydrogens is 302 g/mol. The number of carboxylic acids is 1. The molecule has 112 valence electrons. The van der Waals surface area contributed by atoms with Gasteiger partial charge in [-0.15, -0.1) is 22.7 Å². The second kappa shape index (κ2) is 6.30. The molecule has 0 amide bonds. The first kappa shape index (κ1) is 14.8. The van der Waals surface area contributed by atoms with E-state index in [9.17, 15) is 9.90 Å². The van der Waals surface area contributed by atoms with Crippen LogP contribution in [0.1, 0.15) is 33.5 Å². The van der Waals surface area contributed by atoms with Crippen molar-refractivity contribution in [1.82, 2.24) is 4.90 Å². The van der Waals surface area contributed by atoms with Crippen molar-refractivity contribution < 1.29 is 9.90 Å². The van der Waals surface area contributed by atoms with Crippen molar-refractivity contribution in [3.8, 4) is 0 Å². The van der Waals surface area contributed by atoms with E-state index in [2.05, 4.69) is 41.5 Å². The molecule has 0 aliphatic carbocycles. The number of thiophene rings is 2. The largest absolute Gasteiger partial charge is 0.481 e. The van der Waals surface area contributed by atoms with E-state index in [1.807, 2.05) is 11.3 Å². The molecule has 0 spiro atoms.